The van der Waals surface area contributed by atoms with E-state index in [1.807, 2.05) is 59.2 Å². The molecule has 0 aliphatic carbocycles. The Kier molecular flexibility index (Phi) is 4.37. The highest BCUT2D eigenvalue weighted by Crippen LogP contribution is 2.22. The number of aromatic nitrogens is 3. The van der Waals surface area contributed by atoms with Crippen molar-refractivity contribution >= 4 is 34.5 Å². The quantitative estimate of drug-likeness (QED) is 0.548. The topological polar surface area (TPSA) is 59.8 Å². The van der Waals surface area contributed by atoms with Gasteiger partial charge < -0.3 is 4.57 Å². The van der Waals surface area contributed by atoms with Crippen LogP contribution in [0, 0.1) is 0 Å². The summed E-state index contributed by atoms with van der Waals surface area (Å²) < 4.78 is 1.98. The number of amides is 1. The third-order valence-corrected chi connectivity index (χ3v) is 4.37. The lowest BCUT2D eigenvalue weighted by Gasteiger charge is -2.10. The molecule has 1 amide bonds. The maximum atomic E-state index is 12.6. The fourth-order valence-electron chi connectivity index (χ4n) is 2.82. The van der Waals surface area contributed by atoms with Crippen LogP contribution >= 0.6 is 11.6 Å². The normalized spacial score (nSPS) is 10.8. The van der Waals surface area contributed by atoms with Gasteiger partial charge in [0.1, 0.15) is 5.15 Å². The number of hydrogen-bond acceptors (Lipinski definition) is 3. The molecule has 0 radical (unpaired) electrons. The number of pyridine rings is 1. The first kappa shape index (κ1) is 16.3. The van der Waals surface area contributed by atoms with Crippen LogP contribution in [0.4, 0.5) is 5.95 Å². The third kappa shape index (κ3) is 3.17. The van der Waals surface area contributed by atoms with Crippen LogP contribution in [-0.4, -0.2) is 20.4 Å². The van der Waals surface area contributed by atoms with Gasteiger partial charge in [-0.1, -0.05) is 54.1 Å². The number of imidazole rings is 1. The Balaban J connectivity index is 1.73. The molecule has 0 bridgehead atoms. The molecule has 128 valence electrons. The van der Waals surface area contributed by atoms with Crippen LogP contribution in [0.5, 0.6) is 0 Å². The highest BCUT2D eigenvalue weighted by atomic mass is 35.5. The number of carbonyl (C=O) groups is 1. The smallest absolute Gasteiger partial charge is 0.261 e. The van der Waals surface area contributed by atoms with Gasteiger partial charge in [-0.05, 0) is 29.8 Å². The van der Waals surface area contributed by atoms with Gasteiger partial charge in [-0.2, -0.15) is 0 Å². The molecule has 0 fully saturated rings. The number of anilines is 1. The standard InChI is InChI=1S/C20H15ClN4O/c21-18-15(9-6-12-22-18)19(26)24-20-23-16-10-4-5-11-17(16)25(20)13-14-7-2-1-3-8-14/h1-12H,13H2,(H,23,24,26). The lowest BCUT2D eigenvalue weighted by Crippen LogP contribution is -2.17. The molecule has 0 aliphatic heterocycles. The summed E-state index contributed by atoms with van der Waals surface area (Å²) in [5, 5.41) is 3.03. The van der Waals surface area contributed by atoms with E-state index in [0.29, 0.717) is 18.1 Å². The molecular weight excluding hydrogens is 348 g/mol. The number of halogens is 1. The summed E-state index contributed by atoms with van der Waals surface area (Å²) in [6.45, 7) is 0.595. The van der Waals surface area contributed by atoms with Crippen molar-refractivity contribution in [3.05, 3.63) is 89.2 Å². The second-order valence-electron chi connectivity index (χ2n) is 5.79. The van der Waals surface area contributed by atoms with Crippen molar-refractivity contribution in [3.63, 3.8) is 0 Å². The van der Waals surface area contributed by atoms with Gasteiger partial charge in [-0.3, -0.25) is 10.1 Å². The number of nitrogens with zero attached hydrogens (tertiary/aromatic N) is 3. The molecule has 26 heavy (non-hydrogen) atoms. The molecular formula is C20H15ClN4O. The van der Waals surface area contributed by atoms with E-state index < -0.39 is 0 Å². The van der Waals surface area contributed by atoms with Crippen LogP contribution in [0.1, 0.15) is 15.9 Å². The van der Waals surface area contributed by atoms with Gasteiger partial charge in [0.15, 0.2) is 0 Å². The molecule has 0 saturated heterocycles. The summed E-state index contributed by atoms with van der Waals surface area (Å²) in [6, 6.07) is 21.1. The van der Waals surface area contributed by atoms with Crippen LogP contribution in [0.3, 0.4) is 0 Å². The first-order chi connectivity index (χ1) is 12.7. The Morgan fingerprint density at radius 1 is 1.00 bits per heavy atom. The minimum absolute atomic E-state index is 0.163. The summed E-state index contributed by atoms with van der Waals surface area (Å²) >= 11 is 6.03. The van der Waals surface area contributed by atoms with E-state index in [0.717, 1.165) is 16.6 Å². The Morgan fingerprint density at radius 2 is 1.77 bits per heavy atom. The van der Waals surface area contributed by atoms with Gasteiger partial charge in [0.05, 0.1) is 23.1 Å². The molecule has 2 heterocycles. The van der Waals surface area contributed by atoms with Gasteiger partial charge in [-0.25, -0.2) is 9.97 Å². The van der Waals surface area contributed by atoms with Crippen LogP contribution in [-0.2, 0) is 6.54 Å². The minimum atomic E-state index is -0.340. The van der Waals surface area contributed by atoms with Crippen molar-refractivity contribution in [1.29, 1.82) is 0 Å². The van der Waals surface area contributed by atoms with E-state index in [9.17, 15) is 4.79 Å². The first-order valence-electron chi connectivity index (χ1n) is 8.13. The van der Waals surface area contributed by atoms with E-state index in [2.05, 4.69) is 15.3 Å². The summed E-state index contributed by atoms with van der Waals surface area (Å²) in [5.41, 5.74) is 3.19. The average molecular weight is 363 g/mol. The molecule has 4 aromatic rings. The number of fused-ring (bicyclic) bond motifs is 1. The van der Waals surface area contributed by atoms with Gasteiger partial charge in [0, 0.05) is 6.20 Å². The largest absolute Gasteiger partial charge is 0.305 e. The number of benzene rings is 2. The van der Waals surface area contributed by atoms with Crippen LogP contribution in [0.2, 0.25) is 5.15 Å². The molecule has 0 spiro atoms. The Morgan fingerprint density at radius 3 is 2.58 bits per heavy atom. The van der Waals surface area contributed by atoms with Crippen LogP contribution in [0.15, 0.2) is 72.9 Å². The van der Waals surface area contributed by atoms with Crippen molar-refractivity contribution in [3.8, 4) is 0 Å². The van der Waals surface area contributed by atoms with Gasteiger partial charge in [-0.15, -0.1) is 0 Å². The monoisotopic (exact) mass is 362 g/mol. The number of carbonyl (C=O) groups excluding carboxylic acids is 1. The van der Waals surface area contributed by atoms with E-state index >= 15 is 0 Å². The number of rotatable bonds is 4. The third-order valence-electron chi connectivity index (χ3n) is 4.07. The Hall–Kier alpha value is -3.18. The Labute approximate surface area is 155 Å². The summed E-state index contributed by atoms with van der Waals surface area (Å²) in [7, 11) is 0. The maximum absolute atomic E-state index is 12.6. The van der Waals surface area contributed by atoms with Crippen molar-refractivity contribution < 1.29 is 4.79 Å². The maximum Gasteiger partial charge on any atom is 0.261 e. The molecule has 2 aromatic carbocycles. The van der Waals surface area contributed by atoms with Gasteiger partial charge in [0.2, 0.25) is 5.95 Å². The van der Waals surface area contributed by atoms with E-state index in [-0.39, 0.29) is 11.1 Å². The summed E-state index contributed by atoms with van der Waals surface area (Å²) in [6.07, 6.45) is 1.55. The second kappa shape index (κ2) is 6.98. The second-order valence-corrected chi connectivity index (χ2v) is 6.15. The highest BCUT2D eigenvalue weighted by Gasteiger charge is 2.16. The number of para-hydroxylation sites is 2. The predicted octanol–water partition coefficient (Wildman–Crippen LogP) is 4.39. The molecule has 5 nitrogen and oxygen atoms in total. The molecule has 0 saturated carbocycles. The zero-order valence-corrected chi connectivity index (χ0v) is 14.5. The van der Waals surface area contributed by atoms with Crippen molar-refractivity contribution in [1.82, 2.24) is 14.5 Å². The van der Waals surface area contributed by atoms with Crippen molar-refractivity contribution in [2.45, 2.75) is 6.54 Å². The highest BCUT2D eigenvalue weighted by molar-refractivity contribution is 6.33. The van der Waals surface area contributed by atoms with Crippen molar-refractivity contribution in [2.24, 2.45) is 0 Å². The molecule has 4 rings (SSSR count). The number of nitrogens with one attached hydrogen (secondary N) is 1. The average Bonchev–Trinajstić information content (AvgIpc) is 3.00. The van der Waals surface area contributed by atoms with E-state index in [1.165, 1.54) is 0 Å². The SMILES string of the molecule is O=C(Nc1nc2ccccc2n1Cc1ccccc1)c1cccnc1Cl. The Bertz CT molecular complexity index is 1080. The molecule has 1 N–H and O–H groups in total. The zero-order chi connectivity index (χ0) is 17.9. The lowest BCUT2D eigenvalue weighted by atomic mass is 10.2. The molecule has 0 atom stereocenters. The van der Waals surface area contributed by atoms with Gasteiger partial charge >= 0.3 is 0 Å². The van der Waals surface area contributed by atoms with Gasteiger partial charge in [0.25, 0.3) is 5.91 Å². The predicted molar refractivity (Wildman–Crippen MR) is 102 cm³/mol. The first-order valence-corrected chi connectivity index (χ1v) is 8.51. The van der Waals surface area contributed by atoms with Crippen LogP contribution in [0.25, 0.3) is 11.0 Å². The van der Waals surface area contributed by atoms with Crippen molar-refractivity contribution in [2.75, 3.05) is 5.32 Å². The summed E-state index contributed by atoms with van der Waals surface area (Å²) in [4.78, 5) is 21.2. The fraction of sp³-hybridized carbons (Fsp3) is 0.0500. The molecule has 0 unspecified atom stereocenters. The van der Waals surface area contributed by atoms with E-state index in [1.54, 1.807) is 18.3 Å². The lowest BCUT2D eigenvalue weighted by molar-refractivity contribution is 0.102. The van der Waals surface area contributed by atoms with E-state index in [4.69, 9.17) is 11.6 Å². The molecule has 6 heteroatoms. The molecule has 0 aliphatic rings. The number of hydrogen-bond donors (Lipinski definition) is 1. The fourth-order valence-corrected chi connectivity index (χ4v) is 3.03. The zero-order valence-electron chi connectivity index (χ0n) is 13.8. The molecule has 2 aromatic heterocycles. The summed E-state index contributed by atoms with van der Waals surface area (Å²) in [5.74, 6) is 0.132. The minimum Gasteiger partial charge on any atom is -0.305 e. The van der Waals surface area contributed by atoms with Crippen LogP contribution < -0.4 is 5.32 Å².